The third-order valence-electron chi connectivity index (χ3n) is 8.12. The minimum absolute atomic E-state index is 0.370. The molecule has 0 aliphatic heterocycles. The van der Waals surface area contributed by atoms with Crippen LogP contribution in [-0.2, 0) is 36.9 Å². The van der Waals surface area contributed by atoms with Crippen molar-refractivity contribution < 1.29 is 59.4 Å². The highest BCUT2D eigenvalue weighted by Gasteiger charge is 2.37. The molecule has 0 heterocycles. The van der Waals surface area contributed by atoms with Crippen molar-refractivity contribution in [2.75, 3.05) is 6.61 Å². The predicted octanol–water partition coefficient (Wildman–Crippen LogP) is 11.4. The molecule has 0 fully saturated rings. The van der Waals surface area contributed by atoms with Crippen molar-refractivity contribution in [3.05, 3.63) is 133 Å². The molecule has 6 aromatic rings. The smallest absolute Gasteiger partial charge is 0.514 e. The summed E-state index contributed by atoms with van der Waals surface area (Å²) in [5.41, 5.74) is -5.77. The highest BCUT2D eigenvalue weighted by molar-refractivity contribution is 7.97. The minimum atomic E-state index is -6.09. The largest absolute Gasteiger partial charge is 0.741 e. The highest BCUT2D eigenvalue weighted by Crippen LogP contribution is 2.38. The second-order valence-electron chi connectivity index (χ2n) is 15.2. The zero-order chi connectivity index (χ0) is 43.9. The van der Waals surface area contributed by atoms with Crippen LogP contribution in [0.5, 0.6) is 17.2 Å². The van der Waals surface area contributed by atoms with Crippen molar-refractivity contribution >= 4 is 54.9 Å². The van der Waals surface area contributed by atoms with Crippen molar-refractivity contribution in [2.45, 2.75) is 79.4 Å². The van der Waals surface area contributed by atoms with Crippen LogP contribution in [0.1, 0.15) is 47.1 Å². The Balaban J connectivity index is 0.000000774. The van der Waals surface area contributed by atoms with Crippen molar-refractivity contribution in [3.8, 4) is 17.2 Å². The Kier molecular flexibility index (Phi) is 14.1. The van der Waals surface area contributed by atoms with Gasteiger partial charge in [0.2, 0.25) is 4.90 Å². The number of para-hydroxylation sites is 1. The van der Waals surface area contributed by atoms with E-state index in [1.54, 1.807) is 65.8 Å². The summed E-state index contributed by atoms with van der Waals surface area (Å²) >= 11 is 0. The summed E-state index contributed by atoms with van der Waals surface area (Å²) in [7, 11) is -6.74. The molecular formula is C45H43F3O10S2. The molecular weight excluding hydrogens is 822 g/mol. The molecule has 0 saturated carbocycles. The van der Waals surface area contributed by atoms with E-state index in [0.29, 0.717) is 18.1 Å². The number of ether oxygens (including phenoxy) is 5. The van der Waals surface area contributed by atoms with Gasteiger partial charge in [0.15, 0.2) is 25.7 Å². The molecule has 0 bridgehead atoms. The Morgan fingerprint density at radius 2 is 1.07 bits per heavy atom. The second kappa shape index (κ2) is 18.7. The molecule has 6 aromatic carbocycles. The van der Waals surface area contributed by atoms with Crippen LogP contribution >= 0.6 is 0 Å². The van der Waals surface area contributed by atoms with Crippen LogP contribution in [0, 0.1) is 0 Å². The monoisotopic (exact) mass is 864 g/mol. The van der Waals surface area contributed by atoms with Crippen LogP contribution in [-0.4, -0.2) is 48.6 Å². The molecule has 0 spiro atoms. The lowest BCUT2D eigenvalue weighted by Gasteiger charge is -2.19. The van der Waals surface area contributed by atoms with Crippen LogP contribution < -0.4 is 14.2 Å². The minimum Gasteiger partial charge on any atom is -0.741 e. The van der Waals surface area contributed by atoms with Gasteiger partial charge in [0.1, 0.15) is 33.6 Å². The molecule has 0 aliphatic carbocycles. The van der Waals surface area contributed by atoms with Gasteiger partial charge in [-0.3, -0.25) is 0 Å². The summed E-state index contributed by atoms with van der Waals surface area (Å²) in [5.74, 6) is 1.50. The molecule has 0 saturated heterocycles. The SMILES string of the molecule is CC(C)(C)OC(=O)Oc1ccc([S+](c2ccc(OC(=O)OC(C)(C)C)cc2)c2ccccc2OCCc2cccc3cc4ccccc4cc23)cc1.O=S(=O)([O-])C(F)(F)F. The number of fused-ring (bicyclic) bond motifs is 2. The number of alkyl halides is 3. The van der Waals surface area contributed by atoms with E-state index in [0.717, 1.165) is 26.9 Å². The molecule has 0 aliphatic rings. The van der Waals surface area contributed by atoms with E-state index < -0.39 is 50.0 Å². The molecule has 10 nitrogen and oxygen atoms in total. The normalized spacial score (nSPS) is 12.1. The van der Waals surface area contributed by atoms with Gasteiger partial charge in [0, 0.05) is 6.42 Å². The topological polar surface area (TPSA) is 137 Å². The van der Waals surface area contributed by atoms with Gasteiger partial charge in [-0.2, -0.15) is 13.2 Å². The Bertz CT molecular complexity index is 2470. The molecule has 316 valence electrons. The van der Waals surface area contributed by atoms with Crippen LogP contribution in [0.4, 0.5) is 22.8 Å². The van der Waals surface area contributed by atoms with E-state index in [4.69, 9.17) is 36.7 Å². The third-order valence-corrected chi connectivity index (χ3v) is 10.9. The summed E-state index contributed by atoms with van der Waals surface area (Å²) in [6.45, 7) is 11.2. The molecule has 0 N–H and O–H groups in total. The first-order chi connectivity index (χ1) is 28.1. The van der Waals surface area contributed by atoms with Gasteiger partial charge >= 0.3 is 17.8 Å². The fraction of sp³-hybridized carbons (Fsp3) is 0.244. The number of benzene rings is 6. The lowest BCUT2D eigenvalue weighted by Crippen LogP contribution is -2.26. The third kappa shape index (κ3) is 12.9. The Hall–Kier alpha value is -5.77. The van der Waals surface area contributed by atoms with Crippen molar-refractivity contribution in [2.24, 2.45) is 0 Å². The Labute approximate surface area is 349 Å². The summed E-state index contributed by atoms with van der Waals surface area (Å²) in [4.78, 5) is 27.6. The molecule has 15 heteroatoms. The fourth-order valence-electron chi connectivity index (χ4n) is 5.67. The first kappa shape index (κ1) is 45.3. The molecule has 60 heavy (non-hydrogen) atoms. The van der Waals surface area contributed by atoms with E-state index >= 15 is 0 Å². The van der Waals surface area contributed by atoms with Crippen molar-refractivity contribution in [1.82, 2.24) is 0 Å². The van der Waals surface area contributed by atoms with Gasteiger partial charge in [0.05, 0.1) is 6.61 Å². The fourth-order valence-corrected chi connectivity index (χ4v) is 7.81. The Morgan fingerprint density at radius 1 is 0.617 bits per heavy atom. The average molecular weight is 865 g/mol. The Morgan fingerprint density at radius 3 is 1.55 bits per heavy atom. The number of carbonyl (C=O) groups is 2. The quantitative estimate of drug-likeness (QED) is 0.0345. The summed E-state index contributed by atoms with van der Waals surface area (Å²) < 4.78 is 87.1. The maximum atomic E-state index is 12.3. The molecule has 0 unspecified atom stereocenters. The molecule has 0 amide bonds. The highest BCUT2D eigenvalue weighted by atomic mass is 32.2. The van der Waals surface area contributed by atoms with Gasteiger partial charge < -0.3 is 28.2 Å². The van der Waals surface area contributed by atoms with Gasteiger partial charge in [-0.15, -0.1) is 0 Å². The number of rotatable bonds is 9. The predicted molar refractivity (Wildman–Crippen MR) is 222 cm³/mol. The van der Waals surface area contributed by atoms with Crippen LogP contribution in [0.25, 0.3) is 21.5 Å². The lowest BCUT2D eigenvalue weighted by atomic mass is 9.98. The summed E-state index contributed by atoms with van der Waals surface area (Å²) in [6, 6.07) is 42.1. The maximum Gasteiger partial charge on any atom is 0.514 e. The maximum absolute atomic E-state index is 12.3. The first-order valence-electron chi connectivity index (χ1n) is 18.5. The van der Waals surface area contributed by atoms with Crippen LogP contribution in [0.15, 0.2) is 142 Å². The number of halogens is 3. The van der Waals surface area contributed by atoms with E-state index in [-0.39, 0.29) is 0 Å². The van der Waals surface area contributed by atoms with Gasteiger partial charge in [-0.25, -0.2) is 18.0 Å². The molecule has 0 radical (unpaired) electrons. The average Bonchev–Trinajstić information content (AvgIpc) is 3.14. The molecule has 6 rings (SSSR count). The van der Waals surface area contributed by atoms with Crippen LogP contribution in [0.2, 0.25) is 0 Å². The second-order valence-corrected chi connectivity index (χ2v) is 18.5. The van der Waals surface area contributed by atoms with E-state index in [1.807, 2.05) is 42.5 Å². The van der Waals surface area contributed by atoms with Crippen molar-refractivity contribution in [1.29, 1.82) is 0 Å². The van der Waals surface area contributed by atoms with E-state index in [9.17, 15) is 22.8 Å². The van der Waals surface area contributed by atoms with Crippen LogP contribution in [0.3, 0.4) is 0 Å². The van der Waals surface area contributed by atoms with Gasteiger partial charge in [-0.1, -0.05) is 54.6 Å². The van der Waals surface area contributed by atoms with Crippen molar-refractivity contribution in [3.63, 3.8) is 0 Å². The van der Waals surface area contributed by atoms with Gasteiger partial charge in [-0.05, 0) is 141 Å². The zero-order valence-corrected chi connectivity index (χ0v) is 35.2. The number of hydrogen-bond donors (Lipinski definition) is 0. The zero-order valence-electron chi connectivity index (χ0n) is 33.6. The van der Waals surface area contributed by atoms with Gasteiger partial charge in [0.25, 0.3) is 0 Å². The summed E-state index contributed by atoms with van der Waals surface area (Å²) in [6.07, 6.45) is -0.804. The molecule has 0 aromatic heterocycles. The standard InChI is InChI=1S/C44H43O7S.CHF3O3S/c1-43(2,3)50-41(45)48-34-18-22-36(23-19-34)52(37-24-20-35(21-25-37)49-42(46)51-44(4,5)6)40-17-10-9-16-39(40)47-27-26-30-14-11-15-33-28-31-12-7-8-13-32(31)29-38(30)33;2-1(3,4)8(5,6)7/h7-25,28-29H,26-27H2,1-6H3;(H,5,6,7)/q+1;/p-1. The number of carbonyl (C=O) groups excluding carboxylic acids is 2. The molecule has 0 atom stereocenters. The van der Waals surface area contributed by atoms with E-state index in [2.05, 4.69) is 60.7 Å². The van der Waals surface area contributed by atoms with E-state index in [1.165, 1.54) is 27.1 Å². The number of hydrogen-bond acceptors (Lipinski definition) is 10. The summed E-state index contributed by atoms with van der Waals surface area (Å²) in [5, 5.41) is 4.86. The first-order valence-corrected chi connectivity index (χ1v) is 21.1. The lowest BCUT2D eigenvalue weighted by molar-refractivity contribution is -0.0518.